The molecule has 2 rings (SSSR count). The molecule has 1 aromatic carbocycles. The van der Waals surface area contributed by atoms with Crippen molar-refractivity contribution in [3.8, 4) is 0 Å². The topological polar surface area (TPSA) is 72.9 Å². The van der Waals surface area contributed by atoms with E-state index < -0.39 is 5.97 Å². The highest BCUT2D eigenvalue weighted by Gasteiger charge is 2.26. The molecule has 6 nitrogen and oxygen atoms in total. The molecule has 1 heterocycles. The Balaban J connectivity index is 1.81. The van der Waals surface area contributed by atoms with Gasteiger partial charge in [-0.05, 0) is 43.5 Å². The highest BCUT2D eigenvalue weighted by molar-refractivity contribution is 6.30. The first-order valence-electron chi connectivity index (χ1n) is 9.65. The SMILES string of the molecule is CCC(NC(=O)CN1CCC(N(CC)CC(=O)O)CC1)c1ccc(Cl)cc1. The molecule has 1 aliphatic rings. The number of hydrogen-bond donors (Lipinski definition) is 2. The predicted octanol–water partition coefficient (Wildman–Crippen LogP) is 2.78. The van der Waals surface area contributed by atoms with E-state index in [0.29, 0.717) is 11.6 Å². The van der Waals surface area contributed by atoms with Crippen molar-refractivity contribution in [2.24, 2.45) is 0 Å². The molecule has 27 heavy (non-hydrogen) atoms. The number of piperidine rings is 1. The van der Waals surface area contributed by atoms with E-state index in [4.69, 9.17) is 16.7 Å². The molecule has 1 saturated heterocycles. The Morgan fingerprint density at radius 2 is 1.89 bits per heavy atom. The molecule has 0 radical (unpaired) electrons. The monoisotopic (exact) mass is 395 g/mol. The van der Waals surface area contributed by atoms with E-state index in [1.54, 1.807) is 0 Å². The van der Waals surface area contributed by atoms with Crippen molar-refractivity contribution in [2.75, 3.05) is 32.7 Å². The number of halogens is 1. The van der Waals surface area contributed by atoms with Gasteiger partial charge in [-0.25, -0.2) is 0 Å². The van der Waals surface area contributed by atoms with Crippen LogP contribution in [0.2, 0.25) is 5.02 Å². The Kier molecular flexibility index (Phi) is 8.54. The van der Waals surface area contributed by atoms with Crippen LogP contribution in [0, 0.1) is 0 Å². The molecule has 1 amide bonds. The van der Waals surface area contributed by atoms with Gasteiger partial charge in [0.15, 0.2) is 0 Å². The van der Waals surface area contributed by atoms with Crippen LogP contribution < -0.4 is 5.32 Å². The molecule has 150 valence electrons. The summed E-state index contributed by atoms with van der Waals surface area (Å²) in [7, 11) is 0. The largest absolute Gasteiger partial charge is 0.480 e. The molecule has 1 aromatic rings. The fourth-order valence-corrected chi connectivity index (χ4v) is 3.80. The normalized spacial score (nSPS) is 17.0. The van der Waals surface area contributed by atoms with Crippen LogP contribution in [0.5, 0.6) is 0 Å². The van der Waals surface area contributed by atoms with Crippen LogP contribution in [0.25, 0.3) is 0 Å². The van der Waals surface area contributed by atoms with Gasteiger partial charge in [0.1, 0.15) is 0 Å². The van der Waals surface area contributed by atoms with E-state index in [2.05, 4.69) is 10.2 Å². The Morgan fingerprint density at radius 3 is 2.41 bits per heavy atom. The molecule has 1 aliphatic heterocycles. The van der Waals surface area contributed by atoms with E-state index in [-0.39, 0.29) is 24.5 Å². The molecule has 2 N–H and O–H groups in total. The number of nitrogens with one attached hydrogen (secondary N) is 1. The maximum absolute atomic E-state index is 12.5. The lowest BCUT2D eigenvalue weighted by Gasteiger charge is -2.37. The van der Waals surface area contributed by atoms with Crippen LogP contribution >= 0.6 is 11.6 Å². The summed E-state index contributed by atoms with van der Waals surface area (Å²) in [5.74, 6) is -0.764. The van der Waals surface area contributed by atoms with Crippen molar-refractivity contribution in [1.82, 2.24) is 15.1 Å². The van der Waals surface area contributed by atoms with Crippen molar-refractivity contribution in [2.45, 2.75) is 45.2 Å². The second-order valence-electron chi connectivity index (χ2n) is 7.04. The summed E-state index contributed by atoms with van der Waals surface area (Å²) in [5.41, 5.74) is 1.06. The first kappa shape index (κ1) is 21.7. The molecular formula is C20H30ClN3O3. The second kappa shape index (κ2) is 10.6. The Labute approximate surface area is 166 Å². The molecule has 0 aliphatic carbocycles. The average molecular weight is 396 g/mol. The number of benzene rings is 1. The van der Waals surface area contributed by atoms with E-state index >= 15 is 0 Å². The first-order valence-corrected chi connectivity index (χ1v) is 10.0. The van der Waals surface area contributed by atoms with Gasteiger partial charge in [-0.1, -0.05) is 37.6 Å². The number of hydrogen-bond acceptors (Lipinski definition) is 4. The van der Waals surface area contributed by atoms with Crippen molar-refractivity contribution in [3.05, 3.63) is 34.9 Å². The Hall–Kier alpha value is -1.63. The third-order valence-electron chi connectivity index (χ3n) is 5.20. The number of nitrogens with zero attached hydrogens (tertiary/aromatic N) is 2. The maximum atomic E-state index is 12.5. The number of rotatable bonds is 9. The molecule has 0 spiro atoms. The lowest BCUT2D eigenvalue weighted by atomic mass is 10.0. The van der Waals surface area contributed by atoms with Crippen molar-refractivity contribution in [3.63, 3.8) is 0 Å². The van der Waals surface area contributed by atoms with E-state index in [1.165, 1.54) is 0 Å². The maximum Gasteiger partial charge on any atom is 0.317 e. The van der Waals surface area contributed by atoms with Gasteiger partial charge >= 0.3 is 5.97 Å². The minimum Gasteiger partial charge on any atom is -0.480 e. The van der Waals surface area contributed by atoms with Gasteiger partial charge in [0.2, 0.25) is 5.91 Å². The van der Waals surface area contributed by atoms with Crippen LogP contribution in [0.1, 0.15) is 44.7 Å². The third-order valence-corrected chi connectivity index (χ3v) is 5.45. The number of carboxylic acids is 1. The standard InChI is InChI=1S/C20H30ClN3O3/c1-3-18(15-5-7-16(21)8-6-15)22-19(25)13-23-11-9-17(10-12-23)24(4-2)14-20(26)27/h5-8,17-18H,3-4,9-14H2,1-2H3,(H,22,25)(H,26,27). The van der Waals surface area contributed by atoms with E-state index in [0.717, 1.165) is 44.5 Å². The zero-order chi connectivity index (χ0) is 19.8. The quantitative estimate of drug-likeness (QED) is 0.672. The van der Waals surface area contributed by atoms with Gasteiger partial charge < -0.3 is 10.4 Å². The number of carboxylic acid groups (broad SMARTS) is 1. The summed E-state index contributed by atoms with van der Waals surface area (Å²) in [6.07, 6.45) is 2.60. The number of likely N-dealkylation sites (N-methyl/N-ethyl adjacent to an activating group) is 1. The number of likely N-dealkylation sites (tertiary alicyclic amines) is 1. The molecule has 0 saturated carbocycles. The predicted molar refractivity (Wildman–Crippen MR) is 107 cm³/mol. The Bertz CT molecular complexity index is 615. The fraction of sp³-hybridized carbons (Fsp3) is 0.600. The minimum absolute atomic E-state index is 0.0153. The van der Waals surface area contributed by atoms with Crippen LogP contribution in [-0.4, -0.2) is 65.5 Å². The summed E-state index contributed by atoms with van der Waals surface area (Å²) < 4.78 is 0. The summed E-state index contributed by atoms with van der Waals surface area (Å²) in [4.78, 5) is 27.6. The lowest BCUT2D eigenvalue weighted by Crippen LogP contribution is -2.48. The number of carbonyl (C=O) groups excluding carboxylic acids is 1. The molecule has 0 bridgehead atoms. The molecular weight excluding hydrogens is 366 g/mol. The third kappa shape index (κ3) is 6.79. The number of amides is 1. The van der Waals surface area contributed by atoms with Gasteiger partial charge in [-0.2, -0.15) is 0 Å². The van der Waals surface area contributed by atoms with Crippen molar-refractivity contribution < 1.29 is 14.7 Å². The van der Waals surface area contributed by atoms with Gasteiger partial charge in [0.25, 0.3) is 0 Å². The number of carbonyl (C=O) groups is 2. The molecule has 7 heteroatoms. The highest BCUT2D eigenvalue weighted by atomic mass is 35.5. The van der Waals surface area contributed by atoms with Gasteiger partial charge in [0, 0.05) is 24.2 Å². The van der Waals surface area contributed by atoms with Gasteiger partial charge in [-0.3, -0.25) is 19.4 Å². The second-order valence-corrected chi connectivity index (χ2v) is 7.48. The molecule has 1 unspecified atom stereocenters. The zero-order valence-electron chi connectivity index (χ0n) is 16.2. The van der Waals surface area contributed by atoms with Crippen molar-refractivity contribution >= 4 is 23.5 Å². The zero-order valence-corrected chi connectivity index (χ0v) is 16.9. The Morgan fingerprint density at radius 1 is 1.26 bits per heavy atom. The molecule has 1 fully saturated rings. The lowest BCUT2D eigenvalue weighted by molar-refractivity contribution is -0.139. The number of aliphatic carboxylic acids is 1. The van der Waals surface area contributed by atoms with Gasteiger partial charge in [-0.15, -0.1) is 0 Å². The van der Waals surface area contributed by atoms with Crippen LogP contribution in [0.4, 0.5) is 0 Å². The van der Waals surface area contributed by atoms with Crippen LogP contribution in [0.3, 0.4) is 0 Å². The summed E-state index contributed by atoms with van der Waals surface area (Å²) in [5, 5.41) is 12.8. The van der Waals surface area contributed by atoms with Gasteiger partial charge in [0.05, 0.1) is 19.1 Å². The van der Waals surface area contributed by atoms with Crippen molar-refractivity contribution in [1.29, 1.82) is 0 Å². The fourth-order valence-electron chi connectivity index (χ4n) is 3.67. The first-order chi connectivity index (χ1) is 12.9. The summed E-state index contributed by atoms with van der Waals surface area (Å²) >= 11 is 5.94. The molecule has 0 aromatic heterocycles. The van der Waals surface area contributed by atoms with Crippen LogP contribution in [-0.2, 0) is 9.59 Å². The van der Waals surface area contributed by atoms with E-state index in [9.17, 15) is 9.59 Å². The summed E-state index contributed by atoms with van der Waals surface area (Å²) in [6, 6.07) is 7.84. The van der Waals surface area contributed by atoms with E-state index in [1.807, 2.05) is 43.0 Å². The smallest absolute Gasteiger partial charge is 0.317 e. The summed E-state index contributed by atoms with van der Waals surface area (Å²) in [6.45, 7) is 6.86. The van der Waals surface area contributed by atoms with Crippen LogP contribution in [0.15, 0.2) is 24.3 Å². The molecule has 1 atom stereocenters. The average Bonchev–Trinajstić information content (AvgIpc) is 2.65. The minimum atomic E-state index is -0.786. The highest BCUT2D eigenvalue weighted by Crippen LogP contribution is 2.20.